The highest BCUT2D eigenvalue weighted by Crippen LogP contribution is 2.25. The van der Waals surface area contributed by atoms with Gasteiger partial charge in [0.25, 0.3) is 5.56 Å². The van der Waals surface area contributed by atoms with Crippen LogP contribution in [0.25, 0.3) is 10.9 Å². The number of hydrogen-bond acceptors (Lipinski definition) is 7. The van der Waals surface area contributed by atoms with Crippen LogP contribution in [0.3, 0.4) is 0 Å². The number of anilines is 2. The molecule has 174 valence electrons. The van der Waals surface area contributed by atoms with Gasteiger partial charge in [-0.05, 0) is 49.7 Å². The van der Waals surface area contributed by atoms with Crippen molar-refractivity contribution in [2.45, 2.75) is 30.3 Å². The summed E-state index contributed by atoms with van der Waals surface area (Å²) < 4.78 is 6.94. The first-order valence-electron chi connectivity index (χ1n) is 11.1. The summed E-state index contributed by atoms with van der Waals surface area (Å²) in [6.45, 7) is 5.26. The number of thioether (sulfide) groups is 1. The van der Waals surface area contributed by atoms with Crippen molar-refractivity contribution in [3.8, 4) is 0 Å². The highest BCUT2D eigenvalue weighted by Gasteiger charge is 2.20. The van der Waals surface area contributed by atoms with Gasteiger partial charge in [0.15, 0.2) is 5.16 Å². The average molecular weight is 469 g/mol. The predicted octanol–water partition coefficient (Wildman–Crippen LogP) is 2.73. The number of rotatable bonds is 8. The number of para-hydroxylation sites is 1. The smallest absolute Gasteiger partial charge is 0.262 e. The Hall–Kier alpha value is -2.88. The molecule has 4 rings (SSSR count). The number of hydrogen-bond donors (Lipinski definition) is 2. The number of carbonyl (C=O) groups is 1. The van der Waals surface area contributed by atoms with E-state index in [0.29, 0.717) is 34.7 Å². The van der Waals surface area contributed by atoms with Crippen LogP contribution in [0.1, 0.15) is 13.3 Å². The molecule has 0 spiro atoms. The minimum atomic E-state index is -0.475. The summed E-state index contributed by atoms with van der Waals surface area (Å²) in [7, 11) is 0. The lowest BCUT2D eigenvalue weighted by Gasteiger charge is -2.28. The van der Waals surface area contributed by atoms with E-state index in [-0.39, 0.29) is 18.1 Å². The number of amides is 1. The van der Waals surface area contributed by atoms with Gasteiger partial charge in [-0.25, -0.2) is 4.98 Å². The lowest BCUT2D eigenvalue weighted by molar-refractivity contribution is -0.115. The molecule has 2 heterocycles. The fourth-order valence-corrected chi connectivity index (χ4v) is 4.63. The number of ether oxygens (including phenoxy) is 1. The van der Waals surface area contributed by atoms with Crippen LogP contribution < -0.4 is 15.8 Å². The monoisotopic (exact) mass is 468 g/mol. The molecule has 1 amide bonds. The third-order valence-electron chi connectivity index (χ3n) is 5.53. The highest BCUT2D eigenvalue weighted by atomic mass is 32.2. The number of morpholine rings is 1. The van der Waals surface area contributed by atoms with Crippen molar-refractivity contribution in [1.29, 1.82) is 0 Å². The Balaban J connectivity index is 1.47. The summed E-state index contributed by atoms with van der Waals surface area (Å²) >= 11 is 1.24. The van der Waals surface area contributed by atoms with Crippen LogP contribution in [-0.2, 0) is 16.1 Å². The second-order valence-electron chi connectivity index (χ2n) is 7.84. The summed E-state index contributed by atoms with van der Waals surface area (Å²) in [6.07, 6.45) is 0.434. The van der Waals surface area contributed by atoms with E-state index < -0.39 is 5.25 Å². The molecule has 1 aromatic heterocycles. The number of aromatic nitrogens is 2. The standard InChI is InChI=1S/C24H28N4O4S/c1-17(22(30)25-18-7-9-19(10-8-18)27-12-15-32-16-13-27)33-24-26-21-6-3-2-5-20(21)23(31)28(24)11-4-14-29/h2-3,5-10,17,29H,4,11-16H2,1H3,(H,25,30). The van der Waals surface area contributed by atoms with Crippen LogP contribution >= 0.6 is 11.8 Å². The van der Waals surface area contributed by atoms with E-state index in [1.54, 1.807) is 29.7 Å². The number of benzene rings is 2. The lowest BCUT2D eigenvalue weighted by Crippen LogP contribution is -2.36. The average Bonchev–Trinajstić information content (AvgIpc) is 2.85. The molecule has 3 aromatic rings. The summed E-state index contributed by atoms with van der Waals surface area (Å²) in [5.41, 5.74) is 2.25. The van der Waals surface area contributed by atoms with E-state index in [2.05, 4.69) is 15.2 Å². The van der Waals surface area contributed by atoms with Crippen LogP contribution in [0, 0.1) is 0 Å². The van der Waals surface area contributed by atoms with Gasteiger partial charge in [0.2, 0.25) is 5.91 Å². The third-order valence-corrected chi connectivity index (χ3v) is 6.62. The molecule has 1 fully saturated rings. The fourth-order valence-electron chi connectivity index (χ4n) is 3.70. The van der Waals surface area contributed by atoms with Gasteiger partial charge in [-0.3, -0.25) is 14.2 Å². The van der Waals surface area contributed by atoms with Gasteiger partial charge >= 0.3 is 0 Å². The normalized spacial score (nSPS) is 14.9. The Morgan fingerprint density at radius 1 is 1.18 bits per heavy atom. The minimum absolute atomic E-state index is 0.0279. The molecule has 0 saturated carbocycles. The molecule has 2 N–H and O–H groups in total. The largest absolute Gasteiger partial charge is 0.396 e. The van der Waals surface area contributed by atoms with E-state index >= 15 is 0 Å². The highest BCUT2D eigenvalue weighted by molar-refractivity contribution is 8.00. The van der Waals surface area contributed by atoms with Crippen molar-refractivity contribution in [2.24, 2.45) is 0 Å². The second kappa shape index (κ2) is 10.8. The first kappa shape index (κ1) is 23.3. The summed E-state index contributed by atoms with van der Waals surface area (Å²) in [6, 6.07) is 14.9. The maximum atomic E-state index is 13.0. The second-order valence-corrected chi connectivity index (χ2v) is 9.15. The molecule has 1 atom stereocenters. The topological polar surface area (TPSA) is 96.7 Å². The molecule has 0 radical (unpaired) electrons. The zero-order chi connectivity index (χ0) is 23.2. The van der Waals surface area contributed by atoms with Crippen LogP contribution in [-0.4, -0.2) is 58.7 Å². The van der Waals surface area contributed by atoms with Crippen LogP contribution in [0.4, 0.5) is 11.4 Å². The van der Waals surface area contributed by atoms with Gasteiger partial charge in [-0.1, -0.05) is 23.9 Å². The predicted molar refractivity (Wildman–Crippen MR) is 131 cm³/mol. The van der Waals surface area contributed by atoms with Gasteiger partial charge in [0, 0.05) is 37.6 Å². The van der Waals surface area contributed by atoms with Crippen molar-refractivity contribution in [1.82, 2.24) is 9.55 Å². The molecule has 2 aromatic carbocycles. The van der Waals surface area contributed by atoms with Crippen LogP contribution in [0.5, 0.6) is 0 Å². The number of nitrogens with one attached hydrogen (secondary N) is 1. The quantitative estimate of drug-likeness (QED) is 0.388. The number of aliphatic hydroxyl groups excluding tert-OH is 1. The third kappa shape index (κ3) is 5.55. The number of fused-ring (bicyclic) bond motifs is 1. The van der Waals surface area contributed by atoms with E-state index in [1.807, 2.05) is 30.3 Å². The summed E-state index contributed by atoms with van der Waals surface area (Å²) in [5.74, 6) is -0.171. The zero-order valence-corrected chi connectivity index (χ0v) is 19.4. The van der Waals surface area contributed by atoms with Gasteiger partial charge in [0.05, 0.1) is 29.4 Å². The molecule has 0 aliphatic carbocycles. The van der Waals surface area contributed by atoms with Crippen molar-refractivity contribution in [3.63, 3.8) is 0 Å². The van der Waals surface area contributed by atoms with Crippen LogP contribution in [0.2, 0.25) is 0 Å². The molecular weight excluding hydrogens is 440 g/mol. The molecule has 0 bridgehead atoms. The van der Waals surface area contributed by atoms with Gasteiger partial charge in [-0.2, -0.15) is 0 Å². The molecule has 1 aliphatic rings. The van der Waals surface area contributed by atoms with Gasteiger partial charge in [0.1, 0.15) is 0 Å². The number of carbonyl (C=O) groups excluding carboxylic acids is 1. The Morgan fingerprint density at radius 3 is 2.64 bits per heavy atom. The van der Waals surface area contributed by atoms with Crippen molar-refractivity contribution in [3.05, 3.63) is 58.9 Å². The zero-order valence-electron chi connectivity index (χ0n) is 18.6. The van der Waals surface area contributed by atoms with Gasteiger partial charge in [-0.15, -0.1) is 0 Å². The van der Waals surface area contributed by atoms with E-state index in [0.717, 1.165) is 32.0 Å². The van der Waals surface area contributed by atoms with E-state index in [9.17, 15) is 14.7 Å². The van der Waals surface area contributed by atoms with E-state index in [1.165, 1.54) is 11.8 Å². The number of nitrogens with zero attached hydrogens (tertiary/aromatic N) is 3. The molecule has 1 aliphatic heterocycles. The summed E-state index contributed by atoms with van der Waals surface area (Å²) in [5, 5.41) is 12.7. The van der Waals surface area contributed by atoms with Gasteiger partial charge < -0.3 is 20.1 Å². The molecule has 8 nitrogen and oxygen atoms in total. The van der Waals surface area contributed by atoms with Crippen molar-refractivity contribution < 1.29 is 14.6 Å². The van der Waals surface area contributed by atoms with Crippen molar-refractivity contribution in [2.75, 3.05) is 43.1 Å². The Bertz CT molecular complexity index is 1160. The Labute approximate surface area is 196 Å². The molecule has 9 heteroatoms. The molecule has 1 unspecified atom stereocenters. The summed E-state index contributed by atoms with van der Waals surface area (Å²) in [4.78, 5) is 32.7. The lowest BCUT2D eigenvalue weighted by atomic mass is 10.2. The Morgan fingerprint density at radius 2 is 1.91 bits per heavy atom. The first-order valence-corrected chi connectivity index (χ1v) is 12.0. The Kier molecular flexibility index (Phi) is 7.64. The molecule has 33 heavy (non-hydrogen) atoms. The molecular formula is C24H28N4O4S. The van der Waals surface area contributed by atoms with Crippen molar-refractivity contribution >= 4 is 39.9 Å². The molecule has 1 saturated heterocycles. The minimum Gasteiger partial charge on any atom is -0.396 e. The maximum Gasteiger partial charge on any atom is 0.262 e. The fraction of sp³-hybridized carbons (Fsp3) is 0.375. The SMILES string of the molecule is CC(Sc1nc2ccccc2c(=O)n1CCCO)C(=O)Nc1ccc(N2CCOCC2)cc1. The van der Waals surface area contributed by atoms with Crippen LogP contribution in [0.15, 0.2) is 58.5 Å². The number of aliphatic hydroxyl groups is 1. The first-order chi connectivity index (χ1) is 16.1. The van der Waals surface area contributed by atoms with E-state index in [4.69, 9.17) is 4.74 Å². The maximum absolute atomic E-state index is 13.0.